The van der Waals surface area contributed by atoms with Crippen molar-refractivity contribution >= 4 is 11.1 Å². The Morgan fingerprint density at radius 3 is 1.40 bits per heavy atom. The van der Waals surface area contributed by atoms with Crippen molar-refractivity contribution in [3.8, 4) is 11.5 Å². The highest BCUT2D eigenvalue weighted by molar-refractivity contribution is 5.89. The Balaban J connectivity index is 1.59. The minimum Gasteiger partial charge on any atom is -0.508 e. The van der Waals surface area contributed by atoms with Gasteiger partial charge in [-0.1, -0.05) is 12.1 Å². The number of phenolic OH excluding ortho intramolecular Hbond substituents is 2. The van der Waals surface area contributed by atoms with Crippen molar-refractivity contribution in [2.24, 2.45) is 0 Å². The number of hydrogen-bond acceptors (Lipinski definition) is 4. The van der Waals surface area contributed by atoms with Gasteiger partial charge < -0.3 is 10.2 Å². The van der Waals surface area contributed by atoms with Gasteiger partial charge in [-0.15, -0.1) is 0 Å². The van der Waals surface area contributed by atoms with Crippen LogP contribution in [0.4, 0.5) is 0 Å². The molecule has 0 amide bonds. The van der Waals surface area contributed by atoms with Crippen molar-refractivity contribution in [1.82, 2.24) is 9.80 Å². The Kier molecular flexibility index (Phi) is 6.45. The van der Waals surface area contributed by atoms with Crippen molar-refractivity contribution < 1.29 is 10.2 Å². The molecule has 0 unspecified atom stereocenters. The van der Waals surface area contributed by atoms with Gasteiger partial charge in [-0.2, -0.15) is 0 Å². The molecule has 4 nitrogen and oxygen atoms in total. The van der Waals surface area contributed by atoms with Crippen molar-refractivity contribution in [2.75, 3.05) is 26.2 Å². The summed E-state index contributed by atoms with van der Waals surface area (Å²) in [5.74, 6) is 0.766. The minimum atomic E-state index is 0.383. The Hall–Kier alpha value is -2.30. The fraction of sp³-hybridized carbons (Fsp3) is 0.462. The van der Waals surface area contributed by atoms with Crippen LogP contribution in [0.2, 0.25) is 0 Å². The molecule has 2 aromatic carbocycles. The van der Waals surface area contributed by atoms with E-state index in [1.54, 1.807) is 0 Å². The molecule has 0 spiro atoms. The molecule has 0 atom stereocenters. The SMILES string of the molecule is C/C(=C(/C)c1ccc(O)c(CN2CCCC2)c1)c1ccc(O)c(CN2CCCC2)c1. The molecule has 4 rings (SSSR count). The van der Waals surface area contributed by atoms with E-state index in [1.165, 1.54) is 36.8 Å². The Morgan fingerprint density at radius 2 is 1.03 bits per heavy atom. The van der Waals surface area contributed by atoms with Crippen molar-refractivity contribution in [3.63, 3.8) is 0 Å². The van der Waals surface area contributed by atoms with E-state index in [4.69, 9.17) is 0 Å². The van der Waals surface area contributed by atoms with Crippen molar-refractivity contribution in [3.05, 3.63) is 58.7 Å². The molecule has 2 heterocycles. The third-order valence-corrected chi connectivity index (χ3v) is 6.77. The molecular formula is C26H34N2O2. The van der Waals surface area contributed by atoms with Gasteiger partial charge in [0.25, 0.3) is 0 Å². The first kappa shape index (κ1) is 21.0. The Labute approximate surface area is 180 Å². The van der Waals surface area contributed by atoms with Crippen LogP contribution in [0, 0.1) is 0 Å². The zero-order valence-corrected chi connectivity index (χ0v) is 18.3. The van der Waals surface area contributed by atoms with Crippen LogP contribution in [0.5, 0.6) is 11.5 Å². The third kappa shape index (κ3) is 4.71. The third-order valence-electron chi connectivity index (χ3n) is 6.77. The molecule has 4 heteroatoms. The summed E-state index contributed by atoms with van der Waals surface area (Å²) in [6.07, 6.45) is 5.00. The summed E-state index contributed by atoms with van der Waals surface area (Å²) in [7, 11) is 0. The highest BCUT2D eigenvalue weighted by Gasteiger charge is 2.16. The first-order valence-corrected chi connectivity index (χ1v) is 11.3. The quantitative estimate of drug-likeness (QED) is 0.644. The maximum atomic E-state index is 10.4. The van der Waals surface area contributed by atoms with Gasteiger partial charge >= 0.3 is 0 Å². The largest absolute Gasteiger partial charge is 0.508 e. The summed E-state index contributed by atoms with van der Waals surface area (Å²) in [6, 6.07) is 11.9. The van der Waals surface area contributed by atoms with Crippen LogP contribution in [-0.4, -0.2) is 46.2 Å². The average Bonchev–Trinajstić information content (AvgIpc) is 3.44. The second kappa shape index (κ2) is 9.23. The molecule has 0 bridgehead atoms. The van der Waals surface area contributed by atoms with Gasteiger partial charge in [0.05, 0.1) is 0 Å². The molecule has 0 aliphatic carbocycles. The zero-order chi connectivity index (χ0) is 21.1. The van der Waals surface area contributed by atoms with Crippen LogP contribution in [0.25, 0.3) is 11.1 Å². The zero-order valence-electron chi connectivity index (χ0n) is 18.3. The van der Waals surface area contributed by atoms with Gasteiger partial charge in [0.15, 0.2) is 0 Å². The van der Waals surface area contributed by atoms with E-state index in [2.05, 4.69) is 35.8 Å². The second-order valence-corrected chi connectivity index (χ2v) is 8.90. The molecule has 2 N–H and O–H groups in total. The van der Waals surface area contributed by atoms with Crippen LogP contribution in [0.1, 0.15) is 61.8 Å². The maximum Gasteiger partial charge on any atom is 0.120 e. The lowest BCUT2D eigenvalue weighted by Crippen LogP contribution is -2.18. The second-order valence-electron chi connectivity index (χ2n) is 8.90. The number of hydrogen-bond donors (Lipinski definition) is 2. The van der Waals surface area contributed by atoms with Gasteiger partial charge in [-0.3, -0.25) is 9.80 Å². The highest BCUT2D eigenvalue weighted by Crippen LogP contribution is 2.32. The number of rotatable bonds is 6. The molecule has 2 aliphatic rings. The lowest BCUT2D eigenvalue weighted by molar-refractivity contribution is 0.324. The predicted molar refractivity (Wildman–Crippen MR) is 123 cm³/mol. The number of benzene rings is 2. The lowest BCUT2D eigenvalue weighted by Gasteiger charge is -2.18. The van der Waals surface area contributed by atoms with Crippen molar-refractivity contribution in [2.45, 2.75) is 52.6 Å². The van der Waals surface area contributed by atoms with E-state index in [1.807, 2.05) is 24.3 Å². The van der Waals surface area contributed by atoms with Crippen LogP contribution in [0.3, 0.4) is 0 Å². The van der Waals surface area contributed by atoms with Crippen molar-refractivity contribution in [1.29, 1.82) is 0 Å². The molecule has 0 radical (unpaired) electrons. The van der Waals surface area contributed by atoms with E-state index >= 15 is 0 Å². The first-order valence-electron chi connectivity index (χ1n) is 11.3. The van der Waals surface area contributed by atoms with Crippen LogP contribution in [-0.2, 0) is 13.1 Å². The van der Waals surface area contributed by atoms with Gasteiger partial charge in [0.1, 0.15) is 11.5 Å². The predicted octanol–water partition coefficient (Wildman–Crippen LogP) is 5.24. The Bertz CT molecular complexity index is 847. The van der Waals surface area contributed by atoms with E-state index in [0.717, 1.165) is 61.5 Å². The summed E-state index contributed by atoms with van der Waals surface area (Å²) in [5, 5.41) is 20.7. The topological polar surface area (TPSA) is 46.9 Å². The van der Waals surface area contributed by atoms with E-state index in [9.17, 15) is 10.2 Å². The molecule has 2 aliphatic heterocycles. The first-order chi connectivity index (χ1) is 14.5. The van der Waals surface area contributed by atoms with Gasteiger partial charge in [0, 0.05) is 24.2 Å². The smallest absolute Gasteiger partial charge is 0.120 e. The number of nitrogens with zero attached hydrogens (tertiary/aromatic N) is 2. The molecule has 160 valence electrons. The monoisotopic (exact) mass is 406 g/mol. The van der Waals surface area contributed by atoms with Crippen LogP contribution in [0.15, 0.2) is 36.4 Å². The normalized spacial score (nSPS) is 18.7. The number of likely N-dealkylation sites (tertiary alicyclic amines) is 2. The summed E-state index contributed by atoms with van der Waals surface area (Å²) in [4.78, 5) is 4.82. The number of phenols is 2. The summed E-state index contributed by atoms with van der Waals surface area (Å²) in [6.45, 7) is 10.4. The lowest BCUT2D eigenvalue weighted by atomic mass is 9.94. The maximum absolute atomic E-state index is 10.4. The summed E-state index contributed by atoms with van der Waals surface area (Å²) >= 11 is 0. The van der Waals surface area contributed by atoms with Gasteiger partial charge in [-0.05, 0) is 112 Å². The van der Waals surface area contributed by atoms with Crippen LogP contribution >= 0.6 is 0 Å². The molecule has 2 aromatic rings. The molecule has 30 heavy (non-hydrogen) atoms. The number of allylic oxidation sites excluding steroid dienone is 2. The minimum absolute atomic E-state index is 0.383. The Morgan fingerprint density at radius 1 is 0.667 bits per heavy atom. The highest BCUT2D eigenvalue weighted by atomic mass is 16.3. The fourth-order valence-electron chi connectivity index (χ4n) is 4.69. The van der Waals surface area contributed by atoms with Crippen LogP contribution < -0.4 is 0 Å². The summed E-state index contributed by atoms with van der Waals surface area (Å²) in [5.41, 5.74) is 6.71. The molecule has 0 saturated carbocycles. The van der Waals surface area contributed by atoms with Gasteiger partial charge in [-0.25, -0.2) is 0 Å². The molecule has 2 fully saturated rings. The molecule has 2 saturated heterocycles. The van der Waals surface area contributed by atoms with Gasteiger partial charge in [0.2, 0.25) is 0 Å². The summed E-state index contributed by atoms with van der Waals surface area (Å²) < 4.78 is 0. The molecule has 0 aromatic heterocycles. The van der Waals surface area contributed by atoms with E-state index < -0.39 is 0 Å². The average molecular weight is 407 g/mol. The molecular weight excluding hydrogens is 372 g/mol. The van der Waals surface area contributed by atoms with E-state index in [-0.39, 0.29) is 0 Å². The standard InChI is InChI=1S/C26H34N2O2/c1-19(21-7-9-25(29)23(15-21)17-27-11-3-4-12-27)20(2)22-8-10-26(30)24(16-22)18-28-13-5-6-14-28/h7-10,15-16,29-30H,3-6,11-14,17-18H2,1-2H3/b20-19+. The van der Waals surface area contributed by atoms with E-state index in [0.29, 0.717) is 11.5 Å². The fourth-order valence-corrected chi connectivity index (χ4v) is 4.69. The number of aromatic hydroxyl groups is 2.